The van der Waals surface area contributed by atoms with Crippen molar-refractivity contribution in [1.29, 1.82) is 0 Å². The average Bonchev–Trinajstić information content (AvgIpc) is 3.49. The van der Waals surface area contributed by atoms with E-state index in [1.807, 2.05) is 38.1 Å². The molecular weight excluding hydrogens is 1010 g/mol. The van der Waals surface area contributed by atoms with E-state index in [4.69, 9.17) is 28.4 Å². The van der Waals surface area contributed by atoms with Crippen molar-refractivity contribution < 1.29 is 47.9 Å². The molecule has 0 fully saturated rings. The van der Waals surface area contributed by atoms with Crippen LogP contribution in [0, 0.1) is 5.92 Å². The second-order valence-corrected chi connectivity index (χ2v) is 22.4. The Balaban J connectivity index is 1.43. The Morgan fingerprint density at radius 2 is 0.778 bits per heavy atom. The molecule has 0 saturated heterocycles. The van der Waals surface area contributed by atoms with Gasteiger partial charge < -0.3 is 33.5 Å². The Labute approximate surface area is 490 Å². The predicted octanol–water partition coefficient (Wildman–Crippen LogP) is 20.1. The zero-order chi connectivity index (χ0) is 58.0. The third kappa shape index (κ3) is 28.5. The van der Waals surface area contributed by atoms with Crippen molar-refractivity contribution in [3.05, 3.63) is 102 Å². The smallest absolute Gasteiger partial charge is 0.343 e. The number of rotatable bonds is 48. The highest BCUT2D eigenvalue weighted by atomic mass is 16.6. The van der Waals surface area contributed by atoms with Crippen molar-refractivity contribution >= 4 is 17.9 Å². The molecule has 0 amide bonds. The minimum absolute atomic E-state index is 0.0133. The highest BCUT2D eigenvalue weighted by Crippen LogP contribution is 2.40. The molecule has 4 rings (SSSR count). The zero-order valence-corrected chi connectivity index (χ0v) is 51.0. The first-order valence-corrected chi connectivity index (χ1v) is 32.3. The SMILES string of the molecule is CCCCCCCCCCCCOc1cc(C(=O)Oc2ccc(-c3ccc(OC(=O)c4ccc(C(CCCO)OC(=O)C(C)CC)cc4)cc3)cc2)cc(OCCCCCCCCCCCC)c1OCCCCCCCCCCCC. The van der Waals surface area contributed by atoms with E-state index in [9.17, 15) is 19.5 Å². The van der Waals surface area contributed by atoms with Gasteiger partial charge in [-0.15, -0.1) is 0 Å². The van der Waals surface area contributed by atoms with Crippen molar-refractivity contribution in [3.63, 3.8) is 0 Å². The number of ether oxygens (including phenoxy) is 6. The Kier molecular flexibility index (Phi) is 36.5. The van der Waals surface area contributed by atoms with Gasteiger partial charge >= 0.3 is 17.9 Å². The summed E-state index contributed by atoms with van der Waals surface area (Å²) in [5.41, 5.74) is 3.22. The molecule has 450 valence electrons. The largest absolute Gasteiger partial charge is 0.490 e. The van der Waals surface area contributed by atoms with Gasteiger partial charge in [0, 0.05) is 6.61 Å². The van der Waals surface area contributed by atoms with E-state index >= 15 is 0 Å². The first kappa shape index (κ1) is 68.2. The molecule has 10 nitrogen and oxygen atoms in total. The van der Waals surface area contributed by atoms with Crippen LogP contribution in [0.5, 0.6) is 28.7 Å². The summed E-state index contributed by atoms with van der Waals surface area (Å²) < 4.78 is 37.2. The van der Waals surface area contributed by atoms with Crippen molar-refractivity contribution in [2.75, 3.05) is 26.4 Å². The molecular formula is C71H106O10. The fourth-order valence-electron chi connectivity index (χ4n) is 9.95. The third-order valence-corrected chi connectivity index (χ3v) is 15.4. The minimum Gasteiger partial charge on any atom is -0.490 e. The lowest BCUT2D eigenvalue weighted by molar-refractivity contribution is -0.154. The van der Waals surface area contributed by atoms with Crippen LogP contribution in [-0.4, -0.2) is 49.4 Å². The molecule has 0 aromatic heterocycles. The van der Waals surface area contributed by atoms with Crippen molar-refractivity contribution in [2.45, 2.75) is 253 Å². The molecule has 0 saturated carbocycles. The maximum Gasteiger partial charge on any atom is 0.343 e. The fourth-order valence-corrected chi connectivity index (χ4v) is 9.95. The lowest BCUT2D eigenvalue weighted by atomic mass is 10.0. The van der Waals surface area contributed by atoms with E-state index in [2.05, 4.69) is 20.8 Å². The van der Waals surface area contributed by atoms with E-state index in [-0.39, 0.29) is 18.5 Å². The van der Waals surface area contributed by atoms with Gasteiger partial charge in [0.25, 0.3) is 0 Å². The van der Waals surface area contributed by atoms with Crippen LogP contribution in [0.4, 0.5) is 0 Å². The molecule has 0 aliphatic carbocycles. The minimum atomic E-state index is -0.520. The fraction of sp³-hybridized carbons (Fsp3) is 0.620. The number of carbonyl (C=O) groups excluding carboxylic acids is 3. The monoisotopic (exact) mass is 1120 g/mol. The Morgan fingerprint density at radius 3 is 1.15 bits per heavy atom. The standard InChI is InChI=1S/C71H106O10/c1-6-10-13-16-19-22-25-28-31-34-52-76-66-55-62(56-67(77-53-35-32-29-26-23-20-17-14-11-7-2)68(66)78-54-36-33-30-27-24-21-18-15-12-8-3)71(75)80-64-49-45-59(46-50-64)58-43-47-63(48-44-58)79-70(74)61-41-39-60(40-42-61)65(38-37-51-72)81-69(73)57(5)9-4/h39-50,55-57,65,72H,6-38,51-54H2,1-5H3. The van der Waals surface area contributed by atoms with Gasteiger partial charge in [-0.1, -0.05) is 244 Å². The molecule has 1 N–H and O–H groups in total. The van der Waals surface area contributed by atoms with Gasteiger partial charge in [-0.2, -0.15) is 0 Å². The molecule has 0 bridgehead atoms. The van der Waals surface area contributed by atoms with Crippen LogP contribution in [0.3, 0.4) is 0 Å². The number of benzene rings is 4. The van der Waals surface area contributed by atoms with Crippen LogP contribution in [0.1, 0.15) is 279 Å². The summed E-state index contributed by atoms with van der Waals surface area (Å²) in [4.78, 5) is 39.9. The molecule has 81 heavy (non-hydrogen) atoms. The number of esters is 3. The van der Waals surface area contributed by atoms with E-state index in [0.717, 1.165) is 55.2 Å². The number of aliphatic hydroxyl groups is 1. The Bertz CT molecular complexity index is 2210. The van der Waals surface area contributed by atoms with E-state index in [1.165, 1.54) is 154 Å². The maximum atomic E-state index is 14.1. The topological polar surface area (TPSA) is 127 Å². The molecule has 2 unspecified atom stereocenters. The maximum absolute atomic E-state index is 14.1. The molecule has 4 aromatic rings. The summed E-state index contributed by atoms with van der Waals surface area (Å²) in [6.45, 7) is 12.1. The number of hydrogen-bond donors (Lipinski definition) is 1. The van der Waals surface area contributed by atoms with Crippen LogP contribution < -0.4 is 23.7 Å². The summed E-state index contributed by atoms with van der Waals surface area (Å²) in [7, 11) is 0. The molecule has 0 aliphatic rings. The van der Waals surface area contributed by atoms with Gasteiger partial charge in [0.2, 0.25) is 5.75 Å². The van der Waals surface area contributed by atoms with Crippen LogP contribution in [0.15, 0.2) is 84.9 Å². The van der Waals surface area contributed by atoms with Gasteiger partial charge in [-0.05, 0) is 104 Å². The van der Waals surface area contributed by atoms with Crippen molar-refractivity contribution in [3.8, 4) is 39.9 Å². The van der Waals surface area contributed by atoms with Gasteiger partial charge in [0.1, 0.15) is 17.6 Å². The second-order valence-electron chi connectivity index (χ2n) is 22.4. The summed E-state index contributed by atoms with van der Waals surface area (Å²) in [5, 5.41) is 9.43. The molecule has 0 spiro atoms. The van der Waals surface area contributed by atoms with Crippen LogP contribution in [-0.2, 0) is 9.53 Å². The van der Waals surface area contributed by atoms with E-state index in [0.29, 0.717) is 79.0 Å². The normalized spacial score (nSPS) is 12.0. The van der Waals surface area contributed by atoms with E-state index in [1.54, 1.807) is 60.7 Å². The van der Waals surface area contributed by atoms with Gasteiger partial charge in [-0.25, -0.2) is 9.59 Å². The molecule has 10 heteroatoms. The molecule has 0 aliphatic heterocycles. The zero-order valence-electron chi connectivity index (χ0n) is 51.0. The molecule has 0 heterocycles. The molecule has 2 atom stereocenters. The van der Waals surface area contributed by atoms with Crippen LogP contribution in [0.25, 0.3) is 11.1 Å². The van der Waals surface area contributed by atoms with Gasteiger partial charge in [0.15, 0.2) is 11.5 Å². The number of hydrogen-bond acceptors (Lipinski definition) is 10. The Hall–Kier alpha value is -5.35. The lowest BCUT2D eigenvalue weighted by Crippen LogP contribution is -2.18. The van der Waals surface area contributed by atoms with Crippen LogP contribution >= 0.6 is 0 Å². The van der Waals surface area contributed by atoms with Crippen molar-refractivity contribution in [1.82, 2.24) is 0 Å². The number of aliphatic hydroxyl groups excluding tert-OH is 1. The third-order valence-electron chi connectivity index (χ3n) is 15.4. The highest BCUT2D eigenvalue weighted by Gasteiger charge is 2.23. The van der Waals surface area contributed by atoms with Crippen molar-refractivity contribution in [2.24, 2.45) is 5.92 Å². The highest BCUT2D eigenvalue weighted by molar-refractivity contribution is 5.93. The summed E-state index contributed by atoms with van der Waals surface area (Å²) in [6, 6.07) is 24.9. The first-order valence-electron chi connectivity index (χ1n) is 32.3. The number of carbonyl (C=O) groups is 3. The Morgan fingerprint density at radius 1 is 0.420 bits per heavy atom. The van der Waals surface area contributed by atoms with E-state index < -0.39 is 18.0 Å². The average molecular weight is 1120 g/mol. The van der Waals surface area contributed by atoms with Gasteiger partial charge in [0.05, 0.1) is 36.9 Å². The lowest BCUT2D eigenvalue weighted by Gasteiger charge is -2.20. The second kappa shape index (κ2) is 43.3. The molecule has 4 aromatic carbocycles. The first-order chi connectivity index (χ1) is 39.7. The number of unbranched alkanes of at least 4 members (excludes halogenated alkanes) is 27. The van der Waals surface area contributed by atoms with Crippen LogP contribution in [0.2, 0.25) is 0 Å². The predicted molar refractivity (Wildman–Crippen MR) is 331 cm³/mol. The summed E-state index contributed by atoms with van der Waals surface area (Å²) in [6.07, 6.45) is 38.2. The summed E-state index contributed by atoms with van der Waals surface area (Å²) in [5.74, 6) is 0.852. The van der Waals surface area contributed by atoms with Gasteiger partial charge in [-0.3, -0.25) is 4.79 Å². The molecule has 0 radical (unpaired) electrons. The summed E-state index contributed by atoms with van der Waals surface area (Å²) >= 11 is 0. The quantitative estimate of drug-likeness (QED) is 0.0259.